The highest BCUT2D eigenvalue weighted by Crippen LogP contribution is 2.28. The molecule has 1 aromatic rings. The third-order valence-electron chi connectivity index (χ3n) is 2.50. The lowest BCUT2D eigenvalue weighted by Crippen LogP contribution is -2.29. The molecule has 15 heavy (non-hydrogen) atoms. The second kappa shape index (κ2) is 3.85. The number of carbonyl (C=O) groups is 2. The second-order valence-corrected chi connectivity index (χ2v) is 3.77. The molecule has 3 nitrogen and oxygen atoms in total. The van der Waals surface area contributed by atoms with Gasteiger partial charge in [0.1, 0.15) is 11.5 Å². The number of hydrogen-bond acceptors (Lipinski definition) is 3. The summed E-state index contributed by atoms with van der Waals surface area (Å²) in [5.41, 5.74) is 0.593. The van der Waals surface area contributed by atoms with Crippen LogP contribution in [0.5, 0.6) is 5.75 Å². The summed E-state index contributed by atoms with van der Waals surface area (Å²) in [6.07, 6.45) is 0.271. The molecule has 0 radical (unpaired) electrons. The van der Waals surface area contributed by atoms with Gasteiger partial charge in [-0.3, -0.25) is 4.79 Å². The standard InChI is InChI=1S/C12H12O3/c1-8(13)6-9-7-15-11-5-3-2-4-10(11)12(9)14/h2-5,9H,6-7H2,1H3. The molecule has 1 aliphatic rings. The molecule has 3 heteroatoms. The van der Waals surface area contributed by atoms with Crippen molar-refractivity contribution in [2.45, 2.75) is 13.3 Å². The Morgan fingerprint density at radius 1 is 1.47 bits per heavy atom. The van der Waals surface area contributed by atoms with E-state index in [0.29, 0.717) is 17.9 Å². The Balaban J connectivity index is 2.26. The van der Waals surface area contributed by atoms with Crippen LogP contribution in [0.2, 0.25) is 0 Å². The van der Waals surface area contributed by atoms with Gasteiger partial charge < -0.3 is 9.53 Å². The Kier molecular flexibility index (Phi) is 2.54. The average molecular weight is 204 g/mol. The molecule has 1 atom stereocenters. The van der Waals surface area contributed by atoms with Crippen molar-refractivity contribution < 1.29 is 14.3 Å². The van der Waals surface area contributed by atoms with Gasteiger partial charge in [-0.1, -0.05) is 12.1 Å². The molecule has 1 unspecified atom stereocenters. The van der Waals surface area contributed by atoms with Crippen LogP contribution < -0.4 is 4.74 Å². The van der Waals surface area contributed by atoms with Crippen molar-refractivity contribution in [1.82, 2.24) is 0 Å². The number of rotatable bonds is 2. The molecule has 0 bridgehead atoms. The zero-order valence-corrected chi connectivity index (χ0v) is 8.53. The lowest BCUT2D eigenvalue weighted by atomic mass is 9.91. The van der Waals surface area contributed by atoms with Gasteiger partial charge in [0.25, 0.3) is 0 Å². The Bertz CT molecular complexity index is 409. The van der Waals surface area contributed by atoms with Gasteiger partial charge in [0.15, 0.2) is 5.78 Å². The van der Waals surface area contributed by atoms with Crippen LogP contribution in [0.4, 0.5) is 0 Å². The zero-order chi connectivity index (χ0) is 10.8. The Hall–Kier alpha value is -1.64. The van der Waals surface area contributed by atoms with E-state index in [1.807, 2.05) is 6.07 Å². The monoisotopic (exact) mass is 204 g/mol. The maximum Gasteiger partial charge on any atom is 0.173 e. The second-order valence-electron chi connectivity index (χ2n) is 3.77. The first-order chi connectivity index (χ1) is 7.18. The molecule has 0 aliphatic carbocycles. The fraction of sp³-hybridized carbons (Fsp3) is 0.333. The molecule has 0 spiro atoms. The average Bonchev–Trinajstić information content (AvgIpc) is 2.22. The molecule has 1 aliphatic heterocycles. The van der Waals surface area contributed by atoms with Crippen molar-refractivity contribution in [3.8, 4) is 5.75 Å². The predicted molar refractivity (Wildman–Crippen MR) is 55.1 cm³/mol. The molecule has 2 rings (SSSR count). The fourth-order valence-electron chi connectivity index (χ4n) is 1.78. The van der Waals surface area contributed by atoms with E-state index >= 15 is 0 Å². The number of benzene rings is 1. The molecule has 78 valence electrons. The quantitative estimate of drug-likeness (QED) is 0.738. The van der Waals surface area contributed by atoms with Crippen LogP contribution in [0.25, 0.3) is 0 Å². The summed E-state index contributed by atoms with van der Waals surface area (Å²) >= 11 is 0. The molecule has 0 saturated heterocycles. The van der Waals surface area contributed by atoms with Gasteiger partial charge in [0, 0.05) is 6.42 Å². The highest BCUT2D eigenvalue weighted by atomic mass is 16.5. The highest BCUT2D eigenvalue weighted by molar-refractivity contribution is 6.02. The Morgan fingerprint density at radius 3 is 2.93 bits per heavy atom. The lowest BCUT2D eigenvalue weighted by Gasteiger charge is -2.23. The van der Waals surface area contributed by atoms with E-state index in [-0.39, 0.29) is 23.9 Å². The van der Waals surface area contributed by atoms with E-state index in [1.54, 1.807) is 18.2 Å². The number of ether oxygens (including phenoxy) is 1. The topological polar surface area (TPSA) is 43.4 Å². The summed E-state index contributed by atoms with van der Waals surface area (Å²) < 4.78 is 5.43. The highest BCUT2D eigenvalue weighted by Gasteiger charge is 2.29. The van der Waals surface area contributed by atoms with Crippen LogP contribution in [0, 0.1) is 5.92 Å². The summed E-state index contributed by atoms with van der Waals surface area (Å²) in [5, 5.41) is 0. The smallest absolute Gasteiger partial charge is 0.173 e. The van der Waals surface area contributed by atoms with Crippen molar-refractivity contribution in [3.05, 3.63) is 29.8 Å². The molecule has 1 heterocycles. The van der Waals surface area contributed by atoms with Gasteiger partial charge in [-0.2, -0.15) is 0 Å². The molecule has 0 amide bonds. The number of ketones is 2. The molecular formula is C12H12O3. The summed E-state index contributed by atoms with van der Waals surface area (Å²) in [5.74, 6) is 0.364. The van der Waals surface area contributed by atoms with Crippen molar-refractivity contribution in [2.24, 2.45) is 5.92 Å². The third kappa shape index (κ3) is 1.91. The van der Waals surface area contributed by atoms with Crippen LogP contribution in [-0.2, 0) is 4.79 Å². The van der Waals surface area contributed by atoms with Crippen molar-refractivity contribution in [2.75, 3.05) is 6.61 Å². The number of fused-ring (bicyclic) bond motifs is 1. The van der Waals surface area contributed by atoms with E-state index in [0.717, 1.165) is 0 Å². The SMILES string of the molecule is CC(=O)CC1COc2ccccc2C1=O. The first kappa shape index (κ1) is 9.90. The van der Waals surface area contributed by atoms with E-state index < -0.39 is 0 Å². The third-order valence-corrected chi connectivity index (χ3v) is 2.50. The zero-order valence-electron chi connectivity index (χ0n) is 8.53. The van der Waals surface area contributed by atoms with Crippen LogP contribution in [0.1, 0.15) is 23.7 Å². The lowest BCUT2D eigenvalue weighted by molar-refractivity contribution is -0.117. The normalized spacial score (nSPS) is 19.3. The van der Waals surface area contributed by atoms with Crippen LogP contribution in [-0.4, -0.2) is 18.2 Å². The van der Waals surface area contributed by atoms with E-state index in [2.05, 4.69) is 0 Å². The van der Waals surface area contributed by atoms with Gasteiger partial charge in [0.2, 0.25) is 0 Å². The molecule has 0 saturated carbocycles. The summed E-state index contributed by atoms with van der Waals surface area (Å²) in [7, 11) is 0. The van der Waals surface area contributed by atoms with Crippen LogP contribution >= 0.6 is 0 Å². The summed E-state index contributed by atoms with van der Waals surface area (Å²) in [6.45, 7) is 1.81. The summed E-state index contributed by atoms with van der Waals surface area (Å²) in [6, 6.07) is 7.15. The Morgan fingerprint density at radius 2 is 2.20 bits per heavy atom. The largest absolute Gasteiger partial charge is 0.492 e. The van der Waals surface area contributed by atoms with E-state index in [1.165, 1.54) is 6.92 Å². The number of Topliss-reactive ketones (excluding diaryl/α,β-unsaturated/α-hetero) is 2. The first-order valence-electron chi connectivity index (χ1n) is 4.94. The van der Waals surface area contributed by atoms with Gasteiger partial charge >= 0.3 is 0 Å². The minimum absolute atomic E-state index is 0.0204. The fourth-order valence-corrected chi connectivity index (χ4v) is 1.78. The van der Waals surface area contributed by atoms with E-state index in [9.17, 15) is 9.59 Å². The summed E-state index contributed by atoms with van der Waals surface area (Å²) in [4.78, 5) is 22.9. The maximum atomic E-state index is 11.9. The van der Waals surface area contributed by atoms with Gasteiger partial charge in [-0.15, -0.1) is 0 Å². The number of carbonyl (C=O) groups excluding carboxylic acids is 2. The molecule has 0 N–H and O–H groups in total. The van der Waals surface area contributed by atoms with Gasteiger partial charge in [0.05, 0.1) is 18.1 Å². The Labute approximate surface area is 88.1 Å². The van der Waals surface area contributed by atoms with E-state index in [4.69, 9.17) is 4.74 Å². The number of hydrogen-bond donors (Lipinski definition) is 0. The minimum atomic E-state index is -0.308. The predicted octanol–water partition coefficient (Wildman–Crippen LogP) is 1.86. The molecule has 0 fully saturated rings. The van der Waals surface area contributed by atoms with Gasteiger partial charge in [-0.05, 0) is 19.1 Å². The van der Waals surface area contributed by atoms with Crippen LogP contribution in [0.3, 0.4) is 0 Å². The van der Waals surface area contributed by atoms with Crippen molar-refractivity contribution in [3.63, 3.8) is 0 Å². The van der Waals surface area contributed by atoms with Crippen molar-refractivity contribution in [1.29, 1.82) is 0 Å². The van der Waals surface area contributed by atoms with Crippen molar-refractivity contribution >= 4 is 11.6 Å². The number of para-hydroxylation sites is 1. The van der Waals surface area contributed by atoms with Crippen LogP contribution in [0.15, 0.2) is 24.3 Å². The molecule has 0 aromatic heterocycles. The van der Waals surface area contributed by atoms with Gasteiger partial charge in [-0.25, -0.2) is 0 Å². The first-order valence-corrected chi connectivity index (χ1v) is 4.94. The molecular weight excluding hydrogens is 192 g/mol. The molecule has 1 aromatic carbocycles. The maximum absolute atomic E-state index is 11.9. The minimum Gasteiger partial charge on any atom is -0.492 e.